The third-order valence-corrected chi connectivity index (χ3v) is 6.92. The highest BCUT2D eigenvalue weighted by Crippen LogP contribution is 2.26. The summed E-state index contributed by atoms with van der Waals surface area (Å²) in [6, 6.07) is 20.5. The molecule has 9 heteroatoms. The second-order valence-corrected chi connectivity index (χ2v) is 9.43. The molecular formula is C25H26N4O4S. The summed E-state index contributed by atoms with van der Waals surface area (Å²) in [6.07, 6.45) is 0. The average molecular weight is 479 g/mol. The lowest BCUT2D eigenvalue weighted by molar-refractivity contribution is 0.0780. The number of benzene rings is 3. The van der Waals surface area contributed by atoms with Gasteiger partial charge < -0.3 is 14.2 Å². The van der Waals surface area contributed by atoms with Crippen LogP contribution in [0.25, 0.3) is 11.0 Å². The molecular weight excluding hydrogens is 452 g/mol. The summed E-state index contributed by atoms with van der Waals surface area (Å²) < 4.78 is 35.4. The number of carbonyl (C=O) groups excluding carboxylic acids is 1. The minimum Gasteiger partial charge on any atom is -0.495 e. The number of nitrogens with zero attached hydrogens (tertiary/aromatic N) is 3. The van der Waals surface area contributed by atoms with E-state index in [1.54, 1.807) is 36.2 Å². The van der Waals surface area contributed by atoms with Gasteiger partial charge in [-0.25, -0.2) is 13.4 Å². The van der Waals surface area contributed by atoms with Crippen LogP contribution in [0.15, 0.2) is 77.7 Å². The number of para-hydroxylation sites is 4. The Kier molecular flexibility index (Phi) is 6.56. The third kappa shape index (κ3) is 4.60. The van der Waals surface area contributed by atoms with Crippen LogP contribution in [-0.2, 0) is 23.1 Å². The topological polar surface area (TPSA) is 93.5 Å². The van der Waals surface area contributed by atoms with Crippen molar-refractivity contribution in [3.05, 3.63) is 84.2 Å². The highest BCUT2D eigenvalue weighted by Gasteiger charge is 2.19. The van der Waals surface area contributed by atoms with Crippen LogP contribution in [0.1, 0.15) is 23.1 Å². The zero-order valence-corrected chi connectivity index (χ0v) is 20.0. The van der Waals surface area contributed by atoms with Gasteiger partial charge in [0, 0.05) is 19.2 Å². The van der Waals surface area contributed by atoms with E-state index in [1.807, 2.05) is 31.2 Å². The maximum atomic E-state index is 13.0. The van der Waals surface area contributed by atoms with Gasteiger partial charge in [-0.05, 0) is 55.5 Å². The Morgan fingerprint density at radius 2 is 1.71 bits per heavy atom. The van der Waals surface area contributed by atoms with Crippen molar-refractivity contribution in [3.8, 4) is 5.75 Å². The van der Waals surface area contributed by atoms with Crippen LogP contribution < -0.4 is 9.46 Å². The molecule has 0 radical (unpaired) electrons. The van der Waals surface area contributed by atoms with E-state index in [-0.39, 0.29) is 10.8 Å². The van der Waals surface area contributed by atoms with Crippen LogP contribution in [0.4, 0.5) is 5.69 Å². The largest absolute Gasteiger partial charge is 0.495 e. The Morgan fingerprint density at radius 1 is 1.03 bits per heavy atom. The molecule has 1 heterocycles. The molecule has 0 aliphatic heterocycles. The number of anilines is 1. The molecule has 0 aliphatic carbocycles. The lowest BCUT2D eigenvalue weighted by atomic mass is 10.2. The van der Waals surface area contributed by atoms with E-state index in [9.17, 15) is 13.2 Å². The third-order valence-electron chi connectivity index (χ3n) is 5.54. The van der Waals surface area contributed by atoms with Crippen LogP contribution in [0.5, 0.6) is 5.75 Å². The molecule has 0 aliphatic rings. The zero-order chi connectivity index (χ0) is 24.3. The summed E-state index contributed by atoms with van der Waals surface area (Å²) in [5.74, 6) is 0.980. The summed E-state index contributed by atoms with van der Waals surface area (Å²) in [5.41, 5.74) is 2.64. The van der Waals surface area contributed by atoms with E-state index >= 15 is 0 Å². The molecule has 8 nitrogen and oxygen atoms in total. The van der Waals surface area contributed by atoms with Crippen molar-refractivity contribution >= 4 is 32.7 Å². The van der Waals surface area contributed by atoms with Crippen molar-refractivity contribution in [2.45, 2.75) is 24.9 Å². The number of amides is 1. The molecule has 0 spiro atoms. The van der Waals surface area contributed by atoms with E-state index in [0.717, 1.165) is 23.4 Å². The second-order valence-electron chi connectivity index (χ2n) is 7.75. The van der Waals surface area contributed by atoms with Gasteiger partial charge in [0.25, 0.3) is 15.9 Å². The van der Waals surface area contributed by atoms with Crippen LogP contribution in [0, 0.1) is 0 Å². The summed E-state index contributed by atoms with van der Waals surface area (Å²) in [6.45, 7) is 3.11. The van der Waals surface area contributed by atoms with Crippen LogP contribution in [0.2, 0.25) is 0 Å². The SMILES string of the molecule is CCn1c(CN(C)C(=O)c2ccc(S(=O)(=O)Nc3ccccc3OC)cc2)nc2ccccc21. The number of carbonyl (C=O) groups is 1. The number of hydrogen-bond donors (Lipinski definition) is 1. The van der Waals surface area contributed by atoms with E-state index in [2.05, 4.69) is 14.3 Å². The minimum atomic E-state index is -3.85. The number of fused-ring (bicyclic) bond motifs is 1. The first-order valence-corrected chi connectivity index (χ1v) is 12.3. The van der Waals surface area contributed by atoms with Gasteiger partial charge in [0.05, 0.1) is 35.3 Å². The number of imidazole rings is 1. The van der Waals surface area contributed by atoms with Crippen molar-refractivity contribution in [2.24, 2.45) is 0 Å². The van der Waals surface area contributed by atoms with Crippen molar-refractivity contribution < 1.29 is 17.9 Å². The molecule has 0 bridgehead atoms. The number of hydrogen-bond acceptors (Lipinski definition) is 5. The first-order chi connectivity index (χ1) is 16.3. The normalized spacial score (nSPS) is 11.4. The molecule has 3 aromatic carbocycles. The molecule has 1 amide bonds. The lowest BCUT2D eigenvalue weighted by Gasteiger charge is -2.18. The number of nitrogens with one attached hydrogen (secondary N) is 1. The molecule has 0 fully saturated rings. The second kappa shape index (κ2) is 9.56. The average Bonchev–Trinajstić information content (AvgIpc) is 3.20. The zero-order valence-electron chi connectivity index (χ0n) is 19.2. The molecule has 176 valence electrons. The Hall–Kier alpha value is -3.85. The van der Waals surface area contributed by atoms with Gasteiger partial charge in [0.1, 0.15) is 11.6 Å². The monoisotopic (exact) mass is 478 g/mol. The van der Waals surface area contributed by atoms with Crippen molar-refractivity contribution in [1.29, 1.82) is 0 Å². The molecule has 0 saturated heterocycles. The predicted octanol–water partition coefficient (Wildman–Crippen LogP) is 4.14. The number of aryl methyl sites for hydroxylation is 1. The predicted molar refractivity (Wildman–Crippen MR) is 131 cm³/mol. The fourth-order valence-corrected chi connectivity index (χ4v) is 4.88. The maximum Gasteiger partial charge on any atom is 0.262 e. The number of ether oxygens (including phenoxy) is 1. The number of sulfonamides is 1. The highest BCUT2D eigenvalue weighted by atomic mass is 32.2. The molecule has 34 heavy (non-hydrogen) atoms. The van der Waals surface area contributed by atoms with Crippen LogP contribution in [-0.4, -0.2) is 42.9 Å². The fourth-order valence-electron chi connectivity index (χ4n) is 3.81. The summed E-state index contributed by atoms with van der Waals surface area (Å²) >= 11 is 0. The van der Waals surface area contributed by atoms with Gasteiger partial charge in [0.15, 0.2) is 0 Å². The lowest BCUT2D eigenvalue weighted by Crippen LogP contribution is -2.27. The van der Waals surface area contributed by atoms with Crippen LogP contribution in [0.3, 0.4) is 0 Å². The molecule has 0 saturated carbocycles. The van der Waals surface area contributed by atoms with Gasteiger partial charge in [-0.2, -0.15) is 0 Å². The molecule has 4 aromatic rings. The summed E-state index contributed by atoms with van der Waals surface area (Å²) in [7, 11) is -0.673. The number of aromatic nitrogens is 2. The van der Waals surface area contributed by atoms with Gasteiger partial charge in [-0.1, -0.05) is 24.3 Å². The van der Waals surface area contributed by atoms with E-state index < -0.39 is 10.0 Å². The number of rotatable bonds is 8. The van der Waals surface area contributed by atoms with Crippen LogP contribution >= 0.6 is 0 Å². The Morgan fingerprint density at radius 3 is 2.41 bits per heavy atom. The standard InChI is InChI=1S/C25H26N4O4S/c1-4-29-22-11-7-5-9-20(22)26-24(29)17-28(2)25(30)18-13-15-19(16-14-18)34(31,32)27-21-10-6-8-12-23(21)33-3/h5-16,27H,4,17H2,1-3H3. The van der Waals surface area contributed by atoms with E-state index in [1.165, 1.54) is 31.4 Å². The Labute approximate surface area is 198 Å². The smallest absolute Gasteiger partial charge is 0.262 e. The summed E-state index contributed by atoms with van der Waals surface area (Å²) in [5, 5.41) is 0. The van der Waals surface area contributed by atoms with Gasteiger partial charge in [-0.3, -0.25) is 9.52 Å². The Balaban J connectivity index is 1.51. The van der Waals surface area contributed by atoms with Crippen molar-refractivity contribution in [3.63, 3.8) is 0 Å². The van der Waals surface area contributed by atoms with E-state index in [0.29, 0.717) is 23.5 Å². The molecule has 1 N–H and O–H groups in total. The maximum absolute atomic E-state index is 13.0. The van der Waals surface area contributed by atoms with E-state index in [4.69, 9.17) is 4.74 Å². The minimum absolute atomic E-state index is 0.0467. The number of methoxy groups -OCH3 is 1. The molecule has 0 atom stereocenters. The Bertz CT molecular complexity index is 1430. The van der Waals surface area contributed by atoms with Gasteiger partial charge in [0.2, 0.25) is 0 Å². The highest BCUT2D eigenvalue weighted by molar-refractivity contribution is 7.92. The summed E-state index contributed by atoms with van der Waals surface area (Å²) in [4.78, 5) is 19.3. The first kappa shape index (κ1) is 23.3. The molecule has 0 unspecified atom stereocenters. The van der Waals surface area contributed by atoms with Gasteiger partial charge >= 0.3 is 0 Å². The molecule has 1 aromatic heterocycles. The fraction of sp³-hybridized carbons (Fsp3) is 0.200. The quantitative estimate of drug-likeness (QED) is 0.411. The van der Waals surface area contributed by atoms with Crippen molar-refractivity contribution in [1.82, 2.24) is 14.5 Å². The van der Waals surface area contributed by atoms with Crippen molar-refractivity contribution in [2.75, 3.05) is 18.9 Å². The molecule has 4 rings (SSSR count). The van der Waals surface area contributed by atoms with Gasteiger partial charge in [-0.15, -0.1) is 0 Å². The first-order valence-electron chi connectivity index (χ1n) is 10.8.